The number of nitrogens with one attached hydrogen (secondary N) is 2. The number of aromatic nitrogens is 2. The second kappa shape index (κ2) is 7.32. The average Bonchev–Trinajstić information content (AvgIpc) is 3.29. The maximum Gasteiger partial charge on any atom is 0.280 e. The molecule has 1 amide bonds. The molecular formula is C18H23N5O5S. The van der Waals surface area contributed by atoms with Gasteiger partial charge >= 0.3 is 0 Å². The summed E-state index contributed by atoms with van der Waals surface area (Å²) in [6, 6.07) is 3.63. The van der Waals surface area contributed by atoms with E-state index < -0.39 is 28.2 Å². The number of anilines is 1. The van der Waals surface area contributed by atoms with E-state index in [1.54, 1.807) is 22.9 Å². The number of fused-ring (bicyclic) bond motifs is 1. The summed E-state index contributed by atoms with van der Waals surface area (Å²) in [7, 11) is -2.43. The van der Waals surface area contributed by atoms with E-state index in [0.717, 1.165) is 15.6 Å². The van der Waals surface area contributed by atoms with Crippen molar-refractivity contribution in [3.05, 3.63) is 35.7 Å². The first-order valence-electron chi connectivity index (χ1n) is 9.28. The lowest BCUT2D eigenvalue weighted by Crippen LogP contribution is -2.56. The molecule has 29 heavy (non-hydrogen) atoms. The fourth-order valence-electron chi connectivity index (χ4n) is 3.55. The highest BCUT2D eigenvalue weighted by Crippen LogP contribution is 2.35. The second-order valence-corrected chi connectivity index (χ2v) is 8.79. The topological polar surface area (TPSA) is 115 Å². The largest absolute Gasteiger partial charge is 0.454 e. The molecule has 2 aliphatic rings. The summed E-state index contributed by atoms with van der Waals surface area (Å²) in [4.78, 5) is 13.0. The maximum atomic E-state index is 13.0. The Bertz CT molecular complexity index is 1050. The molecule has 1 aromatic carbocycles. The molecule has 2 aromatic rings. The van der Waals surface area contributed by atoms with Gasteiger partial charge in [-0.3, -0.25) is 9.48 Å². The highest BCUT2D eigenvalue weighted by Gasteiger charge is 2.41. The maximum absolute atomic E-state index is 13.0. The average molecular weight is 421 g/mol. The summed E-state index contributed by atoms with van der Waals surface area (Å²) in [6.07, 6.45) is 2.10. The first kappa shape index (κ1) is 19.7. The third-order valence-electron chi connectivity index (χ3n) is 5.19. The zero-order valence-electron chi connectivity index (χ0n) is 16.4. The van der Waals surface area contributed by atoms with Crippen LogP contribution in [0.2, 0.25) is 0 Å². The Morgan fingerprint density at radius 1 is 1.34 bits per heavy atom. The van der Waals surface area contributed by atoms with Gasteiger partial charge in [0.25, 0.3) is 10.2 Å². The third kappa shape index (κ3) is 3.68. The van der Waals surface area contributed by atoms with Gasteiger partial charge in [-0.15, -0.1) is 0 Å². The summed E-state index contributed by atoms with van der Waals surface area (Å²) < 4.78 is 41.3. The van der Waals surface area contributed by atoms with Crippen LogP contribution in [-0.2, 0) is 21.5 Å². The Morgan fingerprint density at radius 3 is 2.83 bits per heavy atom. The Hall–Kier alpha value is -2.63. The Labute approximate surface area is 169 Å². The van der Waals surface area contributed by atoms with E-state index in [2.05, 4.69) is 15.1 Å². The monoisotopic (exact) mass is 421 g/mol. The van der Waals surface area contributed by atoms with Crippen LogP contribution in [0.15, 0.2) is 24.4 Å². The Balaban J connectivity index is 1.57. The van der Waals surface area contributed by atoms with Gasteiger partial charge in [0.05, 0.1) is 11.7 Å². The molecule has 2 N–H and O–H groups in total. The van der Waals surface area contributed by atoms with Gasteiger partial charge in [-0.25, -0.2) is 0 Å². The first-order chi connectivity index (χ1) is 13.8. The molecule has 4 rings (SSSR count). The van der Waals surface area contributed by atoms with Gasteiger partial charge in [-0.1, -0.05) is 0 Å². The number of nitrogens with zero attached hydrogens (tertiary/aromatic N) is 3. The molecule has 11 heteroatoms. The number of benzene rings is 1. The standard InChI is InChI=1S/C18H23N5O5S/c1-4-23-9-13(11(2)20-23)14-8-15(22(3)29(25,26)21-14)18(24)19-12-5-6-16-17(7-12)28-10-27-16/h5-7,9,14-15,21H,4,8,10H2,1-3H3,(H,19,24)/t14-,15-/m0/s1. The number of likely N-dealkylation sites (N-methyl/N-ethyl adjacent to an activating group) is 1. The van der Waals surface area contributed by atoms with E-state index >= 15 is 0 Å². The predicted octanol–water partition coefficient (Wildman–Crippen LogP) is 1.16. The number of aryl methyl sites for hydroxylation is 2. The van der Waals surface area contributed by atoms with Gasteiger partial charge in [-0.05, 0) is 32.4 Å². The van der Waals surface area contributed by atoms with E-state index in [-0.39, 0.29) is 13.2 Å². The van der Waals surface area contributed by atoms with E-state index in [4.69, 9.17) is 9.47 Å². The summed E-state index contributed by atoms with van der Waals surface area (Å²) in [5, 5.41) is 7.17. The van der Waals surface area contributed by atoms with Crippen molar-refractivity contribution >= 4 is 21.8 Å². The molecular weight excluding hydrogens is 398 g/mol. The molecule has 0 aliphatic carbocycles. The molecule has 0 unspecified atom stereocenters. The van der Waals surface area contributed by atoms with Crippen molar-refractivity contribution in [2.24, 2.45) is 0 Å². The molecule has 0 radical (unpaired) electrons. The lowest BCUT2D eigenvalue weighted by molar-refractivity contribution is -0.120. The van der Waals surface area contributed by atoms with E-state index in [1.165, 1.54) is 7.05 Å². The summed E-state index contributed by atoms with van der Waals surface area (Å²) in [6.45, 7) is 4.59. The number of ether oxygens (including phenoxy) is 2. The summed E-state index contributed by atoms with van der Waals surface area (Å²) >= 11 is 0. The van der Waals surface area contributed by atoms with Gasteiger partial charge in [0.15, 0.2) is 11.5 Å². The SMILES string of the molecule is CCn1cc([C@@H]2C[C@@H](C(=O)Nc3ccc4c(c3)OCO4)N(C)S(=O)(=O)N2)c(C)n1. The van der Waals surface area contributed by atoms with Crippen molar-refractivity contribution < 1.29 is 22.7 Å². The van der Waals surface area contributed by atoms with E-state index in [9.17, 15) is 13.2 Å². The fraction of sp³-hybridized carbons (Fsp3) is 0.444. The smallest absolute Gasteiger partial charge is 0.280 e. The van der Waals surface area contributed by atoms with Gasteiger partial charge < -0.3 is 14.8 Å². The normalized spacial score (nSPS) is 23.1. The van der Waals surface area contributed by atoms with E-state index in [1.807, 2.05) is 20.0 Å². The number of hydrogen-bond acceptors (Lipinski definition) is 6. The molecule has 0 bridgehead atoms. The molecule has 1 aromatic heterocycles. The van der Waals surface area contributed by atoms with Crippen LogP contribution >= 0.6 is 0 Å². The molecule has 1 fully saturated rings. The van der Waals surface area contributed by atoms with Crippen molar-refractivity contribution in [3.63, 3.8) is 0 Å². The quantitative estimate of drug-likeness (QED) is 0.766. The minimum absolute atomic E-state index is 0.133. The highest BCUT2D eigenvalue weighted by molar-refractivity contribution is 7.87. The van der Waals surface area contributed by atoms with Crippen LogP contribution in [0.1, 0.15) is 30.6 Å². The second-order valence-electron chi connectivity index (χ2n) is 7.03. The van der Waals surface area contributed by atoms with Crippen LogP contribution in [0.25, 0.3) is 0 Å². The van der Waals surface area contributed by atoms with Gasteiger partial charge in [0.2, 0.25) is 12.7 Å². The Morgan fingerprint density at radius 2 is 2.10 bits per heavy atom. The molecule has 3 heterocycles. The zero-order valence-corrected chi connectivity index (χ0v) is 17.2. The lowest BCUT2D eigenvalue weighted by atomic mass is 10.00. The summed E-state index contributed by atoms with van der Waals surface area (Å²) in [5.74, 6) is 0.726. The number of carbonyl (C=O) groups excluding carboxylic acids is 1. The molecule has 0 saturated carbocycles. The van der Waals surface area contributed by atoms with Crippen LogP contribution in [0.5, 0.6) is 11.5 Å². The molecule has 10 nitrogen and oxygen atoms in total. The minimum atomic E-state index is -3.83. The van der Waals surface area contributed by atoms with Crippen LogP contribution in [0, 0.1) is 6.92 Å². The van der Waals surface area contributed by atoms with Crippen LogP contribution in [-0.4, -0.2) is 48.3 Å². The molecule has 0 spiro atoms. The zero-order chi connectivity index (χ0) is 20.8. The lowest BCUT2D eigenvalue weighted by Gasteiger charge is -2.36. The number of carbonyl (C=O) groups is 1. The van der Waals surface area contributed by atoms with E-state index in [0.29, 0.717) is 23.7 Å². The van der Waals surface area contributed by atoms with Crippen LogP contribution in [0.4, 0.5) is 5.69 Å². The number of hydrogen-bond donors (Lipinski definition) is 2. The van der Waals surface area contributed by atoms with Gasteiger partial charge in [0.1, 0.15) is 6.04 Å². The van der Waals surface area contributed by atoms with Gasteiger partial charge in [0, 0.05) is 37.1 Å². The van der Waals surface area contributed by atoms with Crippen molar-refractivity contribution in [1.29, 1.82) is 0 Å². The molecule has 2 aliphatic heterocycles. The van der Waals surface area contributed by atoms with Crippen LogP contribution < -0.4 is 19.5 Å². The molecule has 156 valence electrons. The first-order valence-corrected chi connectivity index (χ1v) is 10.7. The van der Waals surface area contributed by atoms with Crippen molar-refractivity contribution in [3.8, 4) is 11.5 Å². The molecule has 1 saturated heterocycles. The number of amides is 1. The highest BCUT2D eigenvalue weighted by atomic mass is 32.2. The predicted molar refractivity (Wildman–Crippen MR) is 105 cm³/mol. The van der Waals surface area contributed by atoms with Crippen LogP contribution in [0.3, 0.4) is 0 Å². The minimum Gasteiger partial charge on any atom is -0.454 e. The Kier molecular flexibility index (Phi) is 4.97. The van der Waals surface area contributed by atoms with Gasteiger partial charge in [-0.2, -0.15) is 22.5 Å². The fourth-order valence-corrected chi connectivity index (χ4v) is 4.82. The molecule has 2 atom stereocenters. The van der Waals surface area contributed by atoms with Crippen molar-refractivity contribution in [2.45, 2.75) is 38.9 Å². The summed E-state index contributed by atoms with van der Waals surface area (Å²) in [5.41, 5.74) is 2.01. The van der Waals surface area contributed by atoms with Crippen molar-refractivity contribution in [1.82, 2.24) is 18.8 Å². The van der Waals surface area contributed by atoms with Crippen molar-refractivity contribution in [2.75, 3.05) is 19.2 Å². The third-order valence-corrected chi connectivity index (χ3v) is 6.79. The number of rotatable bonds is 4.